The first-order valence-electron chi connectivity index (χ1n) is 11.4. The van der Waals surface area contributed by atoms with Crippen LogP contribution in [0.25, 0.3) is 0 Å². The number of carbonyl (C=O) groups is 1. The molecular formula is C26H28N2O6S. The van der Waals surface area contributed by atoms with Gasteiger partial charge in [-0.15, -0.1) is 0 Å². The maximum atomic E-state index is 13.2. The van der Waals surface area contributed by atoms with Crippen LogP contribution in [0.3, 0.4) is 0 Å². The fourth-order valence-corrected chi connectivity index (χ4v) is 5.02. The molecule has 0 spiro atoms. The second-order valence-electron chi connectivity index (χ2n) is 8.00. The first kappa shape index (κ1) is 24.7. The molecule has 1 aliphatic heterocycles. The highest BCUT2D eigenvalue weighted by molar-refractivity contribution is 7.89. The van der Waals surface area contributed by atoms with Gasteiger partial charge in [0.05, 0.1) is 30.4 Å². The number of nitrogens with zero attached hydrogens (tertiary/aromatic N) is 1. The van der Waals surface area contributed by atoms with Crippen molar-refractivity contribution in [1.29, 1.82) is 0 Å². The molecule has 1 N–H and O–H groups in total. The molecule has 4 rings (SSSR count). The number of amides is 1. The quantitative estimate of drug-likeness (QED) is 0.495. The second-order valence-corrected chi connectivity index (χ2v) is 9.94. The van der Waals surface area contributed by atoms with Gasteiger partial charge in [0.1, 0.15) is 11.5 Å². The van der Waals surface area contributed by atoms with Crippen LogP contribution in [0.15, 0.2) is 71.6 Å². The molecule has 9 heteroatoms. The van der Waals surface area contributed by atoms with E-state index >= 15 is 0 Å². The smallest absolute Gasteiger partial charge is 0.255 e. The third-order valence-corrected chi connectivity index (χ3v) is 7.38. The second kappa shape index (κ2) is 10.9. The fourth-order valence-electron chi connectivity index (χ4n) is 3.59. The molecule has 1 amide bonds. The van der Waals surface area contributed by atoms with Crippen molar-refractivity contribution in [3.63, 3.8) is 0 Å². The van der Waals surface area contributed by atoms with Gasteiger partial charge in [-0.25, -0.2) is 8.42 Å². The van der Waals surface area contributed by atoms with E-state index in [0.29, 0.717) is 42.6 Å². The number of sulfonamides is 1. The first-order valence-corrected chi connectivity index (χ1v) is 12.8. The Bertz CT molecular complexity index is 1270. The Kier molecular flexibility index (Phi) is 7.70. The van der Waals surface area contributed by atoms with E-state index in [1.54, 1.807) is 42.5 Å². The normalized spacial score (nSPS) is 14.3. The zero-order chi connectivity index (χ0) is 24.8. The predicted molar refractivity (Wildman–Crippen MR) is 133 cm³/mol. The van der Waals surface area contributed by atoms with Crippen molar-refractivity contribution in [2.75, 3.05) is 38.2 Å². The Labute approximate surface area is 205 Å². The average Bonchev–Trinajstić information content (AvgIpc) is 2.87. The summed E-state index contributed by atoms with van der Waals surface area (Å²) in [6, 6.07) is 18.6. The summed E-state index contributed by atoms with van der Waals surface area (Å²) in [5.41, 5.74) is 1.72. The molecule has 35 heavy (non-hydrogen) atoms. The van der Waals surface area contributed by atoms with Gasteiger partial charge in [-0.2, -0.15) is 4.31 Å². The lowest BCUT2D eigenvalue weighted by Crippen LogP contribution is -2.40. The molecule has 8 nitrogen and oxygen atoms in total. The minimum atomic E-state index is -3.76. The Hall–Kier alpha value is -3.40. The monoisotopic (exact) mass is 496 g/mol. The van der Waals surface area contributed by atoms with E-state index in [9.17, 15) is 13.2 Å². The lowest BCUT2D eigenvalue weighted by molar-refractivity contribution is 0.0730. The van der Waals surface area contributed by atoms with Crippen molar-refractivity contribution in [2.24, 2.45) is 0 Å². The van der Waals surface area contributed by atoms with Crippen molar-refractivity contribution in [2.45, 2.75) is 18.7 Å². The third-order valence-electron chi connectivity index (χ3n) is 5.48. The maximum absolute atomic E-state index is 13.2. The van der Waals surface area contributed by atoms with Crippen LogP contribution in [-0.2, 0) is 14.8 Å². The number of hydrogen-bond donors (Lipinski definition) is 1. The van der Waals surface area contributed by atoms with E-state index in [2.05, 4.69) is 5.32 Å². The summed E-state index contributed by atoms with van der Waals surface area (Å²) in [6.07, 6.45) is 0. The average molecular weight is 497 g/mol. The van der Waals surface area contributed by atoms with Crippen LogP contribution in [-0.4, -0.2) is 51.5 Å². The fraction of sp³-hybridized carbons (Fsp3) is 0.269. The van der Waals surface area contributed by atoms with Crippen molar-refractivity contribution in [3.8, 4) is 17.2 Å². The molecule has 0 unspecified atom stereocenters. The number of hydrogen-bond acceptors (Lipinski definition) is 6. The highest BCUT2D eigenvalue weighted by Crippen LogP contribution is 2.34. The van der Waals surface area contributed by atoms with Gasteiger partial charge < -0.3 is 19.5 Å². The number of rotatable bonds is 8. The highest BCUT2D eigenvalue weighted by Gasteiger charge is 2.27. The zero-order valence-corrected chi connectivity index (χ0v) is 20.5. The molecule has 1 saturated heterocycles. The summed E-state index contributed by atoms with van der Waals surface area (Å²) < 4.78 is 44.5. The lowest BCUT2D eigenvalue weighted by Gasteiger charge is -2.26. The molecule has 184 valence electrons. The third kappa shape index (κ3) is 6.00. The molecule has 1 fully saturated rings. The Morgan fingerprint density at radius 2 is 1.63 bits per heavy atom. The van der Waals surface area contributed by atoms with Crippen molar-refractivity contribution in [3.05, 3.63) is 77.9 Å². The SMILES string of the molecule is CCOc1ccc(Oc2ccc(S(=O)(=O)N3CCOCC3)cc2NC(=O)c2ccc(C)cc2)cc1. The molecule has 3 aromatic rings. The molecule has 3 aromatic carbocycles. The Balaban J connectivity index is 1.66. The summed E-state index contributed by atoms with van der Waals surface area (Å²) >= 11 is 0. The van der Waals surface area contributed by atoms with Crippen molar-refractivity contribution >= 4 is 21.6 Å². The van der Waals surface area contributed by atoms with E-state index in [0.717, 1.165) is 5.56 Å². The summed E-state index contributed by atoms with van der Waals surface area (Å²) in [5.74, 6) is 1.17. The van der Waals surface area contributed by atoms with E-state index in [1.165, 1.54) is 16.4 Å². The van der Waals surface area contributed by atoms with Gasteiger partial charge in [0.25, 0.3) is 5.91 Å². The van der Waals surface area contributed by atoms with Crippen LogP contribution in [0.2, 0.25) is 0 Å². The minimum absolute atomic E-state index is 0.0673. The first-order chi connectivity index (χ1) is 16.9. The van der Waals surface area contributed by atoms with Crippen LogP contribution in [0.1, 0.15) is 22.8 Å². The molecule has 1 heterocycles. The Morgan fingerprint density at radius 3 is 2.29 bits per heavy atom. The van der Waals surface area contributed by atoms with E-state index in [-0.39, 0.29) is 29.6 Å². The Morgan fingerprint density at radius 1 is 0.971 bits per heavy atom. The van der Waals surface area contributed by atoms with E-state index in [1.807, 2.05) is 26.0 Å². The molecule has 0 atom stereocenters. The summed E-state index contributed by atoms with van der Waals surface area (Å²) in [4.78, 5) is 13.0. The number of anilines is 1. The van der Waals surface area contributed by atoms with Crippen molar-refractivity contribution < 1.29 is 27.4 Å². The molecular weight excluding hydrogens is 468 g/mol. The van der Waals surface area contributed by atoms with Crippen LogP contribution < -0.4 is 14.8 Å². The number of morpholine rings is 1. The van der Waals surface area contributed by atoms with Gasteiger partial charge in [-0.1, -0.05) is 17.7 Å². The minimum Gasteiger partial charge on any atom is -0.494 e. The number of carbonyl (C=O) groups excluding carboxylic acids is 1. The van der Waals surface area contributed by atoms with Crippen molar-refractivity contribution in [1.82, 2.24) is 4.31 Å². The summed E-state index contributed by atoms with van der Waals surface area (Å²) in [7, 11) is -3.76. The van der Waals surface area contributed by atoms with E-state index in [4.69, 9.17) is 14.2 Å². The standard InChI is InChI=1S/C26H28N2O6S/c1-3-33-21-8-10-22(11-9-21)34-25-13-12-23(35(30,31)28-14-16-32-17-15-28)18-24(25)27-26(29)20-6-4-19(2)5-7-20/h4-13,18H,3,14-17H2,1-2H3,(H,27,29). The maximum Gasteiger partial charge on any atom is 0.255 e. The lowest BCUT2D eigenvalue weighted by atomic mass is 10.1. The van der Waals surface area contributed by atoms with Crippen LogP contribution in [0.4, 0.5) is 5.69 Å². The van der Waals surface area contributed by atoms with Gasteiger partial charge in [0.15, 0.2) is 5.75 Å². The molecule has 0 aromatic heterocycles. The molecule has 0 radical (unpaired) electrons. The highest BCUT2D eigenvalue weighted by atomic mass is 32.2. The number of nitrogens with one attached hydrogen (secondary N) is 1. The van der Waals surface area contributed by atoms with Crippen LogP contribution in [0.5, 0.6) is 17.2 Å². The van der Waals surface area contributed by atoms with Gasteiger partial charge in [0, 0.05) is 18.7 Å². The van der Waals surface area contributed by atoms with Gasteiger partial charge in [0.2, 0.25) is 10.0 Å². The molecule has 0 saturated carbocycles. The van der Waals surface area contributed by atoms with Gasteiger partial charge in [-0.3, -0.25) is 4.79 Å². The number of benzene rings is 3. The summed E-state index contributed by atoms with van der Waals surface area (Å²) in [6.45, 7) is 5.62. The van der Waals surface area contributed by atoms with Gasteiger partial charge in [-0.05, 0) is 68.4 Å². The summed E-state index contributed by atoms with van der Waals surface area (Å²) in [5, 5.41) is 2.82. The molecule has 0 aliphatic carbocycles. The zero-order valence-electron chi connectivity index (χ0n) is 19.7. The van der Waals surface area contributed by atoms with Crippen LogP contribution >= 0.6 is 0 Å². The number of aryl methyl sites for hydroxylation is 1. The van der Waals surface area contributed by atoms with Gasteiger partial charge >= 0.3 is 0 Å². The molecule has 0 bridgehead atoms. The van der Waals surface area contributed by atoms with E-state index < -0.39 is 10.0 Å². The topological polar surface area (TPSA) is 94.2 Å². The largest absolute Gasteiger partial charge is 0.494 e. The molecule has 1 aliphatic rings. The number of ether oxygens (including phenoxy) is 3. The predicted octanol–water partition coefficient (Wildman–Crippen LogP) is 4.46. The van der Waals surface area contributed by atoms with Crippen LogP contribution in [0, 0.1) is 6.92 Å².